The molecule has 0 saturated carbocycles. The van der Waals surface area contributed by atoms with Gasteiger partial charge in [0.25, 0.3) is 5.91 Å². The molecular weight excluding hydrogens is 416 g/mol. The fourth-order valence-corrected chi connectivity index (χ4v) is 3.90. The summed E-state index contributed by atoms with van der Waals surface area (Å²) in [7, 11) is 0. The number of nitrogens with zero attached hydrogens (tertiary/aromatic N) is 4. The van der Waals surface area contributed by atoms with Crippen LogP contribution in [0, 0.1) is 0 Å². The second kappa shape index (κ2) is 9.81. The maximum atomic E-state index is 12.7. The summed E-state index contributed by atoms with van der Waals surface area (Å²) in [6.07, 6.45) is 3.35. The van der Waals surface area contributed by atoms with Gasteiger partial charge in [0.15, 0.2) is 5.65 Å². The lowest BCUT2D eigenvalue weighted by atomic mass is 10.1. The molecule has 5 rings (SSSR count). The maximum absolute atomic E-state index is 12.7. The number of rotatable bonds is 7. The van der Waals surface area contributed by atoms with Crippen LogP contribution in [0.25, 0.3) is 5.65 Å². The molecule has 1 aliphatic heterocycles. The van der Waals surface area contributed by atoms with Gasteiger partial charge in [-0.2, -0.15) is 5.10 Å². The third-order valence-electron chi connectivity index (χ3n) is 5.62. The van der Waals surface area contributed by atoms with Crippen molar-refractivity contribution >= 4 is 23.1 Å². The second-order valence-corrected chi connectivity index (χ2v) is 8.02. The quantitative estimate of drug-likeness (QED) is 0.456. The predicted octanol–water partition coefficient (Wildman–Crippen LogP) is 3.43. The molecule has 2 aromatic heterocycles. The molecule has 3 heterocycles. The normalized spacial score (nSPS) is 14.3. The molecule has 8 heteroatoms. The van der Waals surface area contributed by atoms with Gasteiger partial charge >= 0.3 is 0 Å². The van der Waals surface area contributed by atoms with Crippen molar-refractivity contribution in [1.29, 1.82) is 0 Å². The van der Waals surface area contributed by atoms with Crippen LogP contribution >= 0.6 is 0 Å². The molecule has 168 valence electrons. The molecule has 1 amide bonds. The lowest BCUT2D eigenvalue weighted by Crippen LogP contribution is -2.35. The van der Waals surface area contributed by atoms with E-state index in [9.17, 15) is 4.79 Å². The van der Waals surface area contributed by atoms with Crippen molar-refractivity contribution in [1.82, 2.24) is 19.5 Å². The third kappa shape index (κ3) is 5.19. The number of carbonyl (C=O) groups is 1. The molecular formula is C25H26N6O2. The number of hydrogen-bond acceptors (Lipinski definition) is 6. The van der Waals surface area contributed by atoms with Crippen LogP contribution in [0.3, 0.4) is 0 Å². The number of fused-ring (bicyclic) bond motifs is 1. The minimum absolute atomic E-state index is 0.239. The van der Waals surface area contributed by atoms with E-state index in [0.717, 1.165) is 38.5 Å². The summed E-state index contributed by atoms with van der Waals surface area (Å²) in [6.45, 7) is 5.11. The monoisotopic (exact) mass is 442 g/mol. The lowest BCUT2D eigenvalue weighted by molar-refractivity contribution is 0.0342. The van der Waals surface area contributed by atoms with E-state index < -0.39 is 0 Å². The Hall–Kier alpha value is -3.75. The second-order valence-electron chi connectivity index (χ2n) is 8.02. The Kier molecular flexibility index (Phi) is 6.27. The van der Waals surface area contributed by atoms with Crippen molar-refractivity contribution < 1.29 is 9.53 Å². The summed E-state index contributed by atoms with van der Waals surface area (Å²) in [5.74, 6) is 0.451. The van der Waals surface area contributed by atoms with Gasteiger partial charge in [-0.1, -0.05) is 42.5 Å². The number of amides is 1. The van der Waals surface area contributed by atoms with Gasteiger partial charge in [0.05, 0.1) is 19.4 Å². The smallest absolute Gasteiger partial charge is 0.261 e. The Balaban J connectivity index is 1.26. The Morgan fingerprint density at radius 3 is 2.67 bits per heavy atom. The van der Waals surface area contributed by atoms with Gasteiger partial charge in [-0.3, -0.25) is 9.69 Å². The number of carbonyl (C=O) groups excluding carboxylic acids is 1. The van der Waals surface area contributed by atoms with Crippen molar-refractivity contribution in [3.8, 4) is 0 Å². The van der Waals surface area contributed by atoms with Gasteiger partial charge in [-0.05, 0) is 29.3 Å². The molecule has 0 bridgehead atoms. The summed E-state index contributed by atoms with van der Waals surface area (Å²) in [4.78, 5) is 19.8. The Morgan fingerprint density at radius 2 is 1.82 bits per heavy atom. The summed E-state index contributed by atoms with van der Waals surface area (Å²) in [6, 6.07) is 19.8. The molecule has 4 aromatic rings. The van der Waals surface area contributed by atoms with Gasteiger partial charge in [0.1, 0.15) is 11.4 Å². The molecule has 1 aliphatic rings. The van der Waals surface area contributed by atoms with Crippen LogP contribution in [0.4, 0.5) is 11.5 Å². The van der Waals surface area contributed by atoms with Crippen LogP contribution in [0.2, 0.25) is 0 Å². The minimum atomic E-state index is -0.239. The van der Waals surface area contributed by atoms with Gasteiger partial charge < -0.3 is 15.4 Å². The molecule has 1 saturated heterocycles. The molecule has 33 heavy (non-hydrogen) atoms. The molecule has 2 N–H and O–H groups in total. The molecule has 0 aliphatic carbocycles. The van der Waals surface area contributed by atoms with E-state index in [-0.39, 0.29) is 5.91 Å². The number of morpholine rings is 1. The van der Waals surface area contributed by atoms with Crippen molar-refractivity contribution in [3.05, 3.63) is 89.7 Å². The first-order chi connectivity index (χ1) is 16.2. The molecule has 1 fully saturated rings. The summed E-state index contributed by atoms with van der Waals surface area (Å²) < 4.78 is 7.04. The van der Waals surface area contributed by atoms with E-state index in [0.29, 0.717) is 23.6 Å². The fraction of sp³-hybridized carbons (Fsp3) is 0.240. The zero-order valence-electron chi connectivity index (χ0n) is 18.3. The first-order valence-electron chi connectivity index (χ1n) is 11.1. The van der Waals surface area contributed by atoms with Crippen LogP contribution in [0.15, 0.2) is 73.1 Å². The van der Waals surface area contributed by atoms with Gasteiger partial charge in [-0.15, -0.1) is 0 Å². The number of ether oxygens (including phenoxy) is 1. The highest BCUT2D eigenvalue weighted by molar-refractivity contribution is 6.08. The first kappa shape index (κ1) is 21.1. The van der Waals surface area contributed by atoms with Crippen molar-refractivity contribution in [3.63, 3.8) is 0 Å². The molecule has 0 spiro atoms. The standard InChI is InChI=1S/C25H26N6O2/c32-25(28-21-7-2-1-3-8-21)22-17-27-31-10-9-23(29-24(22)31)26-16-19-5-4-6-20(15-19)18-30-11-13-33-14-12-30/h1-10,15,17H,11-14,16,18H2,(H,26,29)(H,28,32). The number of anilines is 2. The van der Waals surface area contributed by atoms with Crippen LogP contribution in [-0.2, 0) is 17.8 Å². The highest BCUT2D eigenvalue weighted by Gasteiger charge is 2.15. The van der Waals surface area contributed by atoms with Gasteiger partial charge in [0.2, 0.25) is 0 Å². The first-order valence-corrected chi connectivity index (χ1v) is 11.1. The lowest BCUT2D eigenvalue weighted by Gasteiger charge is -2.26. The third-order valence-corrected chi connectivity index (χ3v) is 5.62. The van der Waals surface area contributed by atoms with Crippen molar-refractivity contribution in [2.75, 3.05) is 36.9 Å². The summed E-state index contributed by atoms with van der Waals surface area (Å²) >= 11 is 0. The SMILES string of the molecule is O=C(Nc1ccccc1)c1cnn2ccc(NCc3cccc(CN4CCOCC4)c3)nc12. The van der Waals surface area contributed by atoms with Crippen LogP contribution in [-0.4, -0.2) is 51.7 Å². The van der Waals surface area contributed by atoms with E-state index in [1.165, 1.54) is 11.1 Å². The van der Waals surface area contributed by atoms with E-state index >= 15 is 0 Å². The van der Waals surface area contributed by atoms with Crippen molar-refractivity contribution in [2.24, 2.45) is 0 Å². The number of benzene rings is 2. The Labute approximate surface area is 192 Å². The number of aromatic nitrogens is 3. The average molecular weight is 443 g/mol. The van der Waals surface area contributed by atoms with Gasteiger partial charge in [-0.25, -0.2) is 9.50 Å². The van der Waals surface area contributed by atoms with E-state index in [2.05, 4.69) is 49.9 Å². The molecule has 8 nitrogen and oxygen atoms in total. The summed E-state index contributed by atoms with van der Waals surface area (Å²) in [5, 5.41) is 10.5. The Bertz CT molecular complexity index is 1230. The van der Waals surface area contributed by atoms with Crippen LogP contribution in [0.5, 0.6) is 0 Å². The van der Waals surface area contributed by atoms with Crippen LogP contribution < -0.4 is 10.6 Å². The average Bonchev–Trinajstić information content (AvgIpc) is 3.28. The molecule has 0 atom stereocenters. The number of para-hydroxylation sites is 1. The van der Waals surface area contributed by atoms with E-state index in [1.54, 1.807) is 16.9 Å². The largest absolute Gasteiger partial charge is 0.379 e. The molecule has 0 unspecified atom stereocenters. The minimum Gasteiger partial charge on any atom is -0.379 e. The zero-order valence-corrected chi connectivity index (χ0v) is 18.3. The highest BCUT2D eigenvalue weighted by Crippen LogP contribution is 2.16. The fourth-order valence-electron chi connectivity index (χ4n) is 3.90. The zero-order chi connectivity index (χ0) is 22.5. The topological polar surface area (TPSA) is 83.8 Å². The van der Waals surface area contributed by atoms with Crippen molar-refractivity contribution in [2.45, 2.75) is 13.1 Å². The number of hydrogen-bond donors (Lipinski definition) is 2. The maximum Gasteiger partial charge on any atom is 0.261 e. The Morgan fingerprint density at radius 1 is 1.00 bits per heavy atom. The van der Waals surface area contributed by atoms with E-state index in [1.807, 2.05) is 36.4 Å². The summed E-state index contributed by atoms with van der Waals surface area (Å²) in [5.41, 5.74) is 4.13. The predicted molar refractivity (Wildman–Crippen MR) is 127 cm³/mol. The van der Waals surface area contributed by atoms with Crippen LogP contribution in [0.1, 0.15) is 21.5 Å². The van der Waals surface area contributed by atoms with E-state index in [4.69, 9.17) is 4.74 Å². The van der Waals surface area contributed by atoms with Gasteiger partial charge in [0, 0.05) is 38.1 Å². The molecule has 0 radical (unpaired) electrons. The molecule has 2 aromatic carbocycles. The number of nitrogens with one attached hydrogen (secondary N) is 2. The highest BCUT2D eigenvalue weighted by atomic mass is 16.5.